The second kappa shape index (κ2) is 3.78. The summed E-state index contributed by atoms with van der Waals surface area (Å²) in [6.07, 6.45) is 6.33. The molecule has 72 valence electrons. The Morgan fingerprint density at radius 3 is 2.42 bits per heavy atom. The van der Waals surface area contributed by atoms with E-state index in [1.165, 1.54) is 25.7 Å². The van der Waals surface area contributed by atoms with Gasteiger partial charge in [-0.3, -0.25) is 0 Å². The largest absolute Gasteiger partial charge is 0.390 e. The molecule has 1 unspecified atom stereocenters. The molecule has 1 aliphatic rings. The summed E-state index contributed by atoms with van der Waals surface area (Å²) in [5.41, 5.74) is -0.455. The third-order valence-corrected chi connectivity index (χ3v) is 2.87. The zero-order valence-electron chi connectivity index (χ0n) is 8.64. The number of aliphatic hydroxyl groups is 1. The molecule has 1 saturated carbocycles. The smallest absolute Gasteiger partial charge is 0.0591 e. The van der Waals surface area contributed by atoms with E-state index in [0.29, 0.717) is 0 Å². The quantitative estimate of drug-likeness (QED) is 0.672. The van der Waals surface area contributed by atoms with Gasteiger partial charge in [-0.1, -0.05) is 19.8 Å². The molecule has 0 aliphatic heterocycles. The van der Waals surface area contributed by atoms with Crippen molar-refractivity contribution in [1.29, 1.82) is 0 Å². The number of hydrogen-bond acceptors (Lipinski definition) is 1. The summed E-state index contributed by atoms with van der Waals surface area (Å²) in [6, 6.07) is 0. The van der Waals surface area contributed by atoms with Gasteiger partial charge in [0.25, 0.3) is 0 Å². The Labute approximate surface area is 76.2 Å². The van der Waals surface area contributed by atoms with Crippen molar-refractivity contribution in [2.45, 2.75) is 58.5 Å². The Balaban J connectivity index is 2.01. The number of rotatable bonds is 5. The highest BCUT2D eigenvalue weighted by Gasteiger charge is 2.27. The van der Waals surface area contributed by atoms with Gasteiger partial charge in [0.15, 0.2) is 0 Å². The van der Waals surface area contributed by atoms with Crippen molar-refractivity contribution in [2.75, 3.05) is 0 Å². The van der Waals surface area contributed by atoms with Crippen molar-refractivity contribution in [3.8, 4) is 0 Å². The highest BCUT2D eigenvalue weighted by atomic mass is 16.3. The fourth-order valence-corrected chi connectivity index (χ4v) is 1.76. The lowest BCUT2D eigenvalue weighted by atomic mass is 9.94. The summed E-state index contributed by atoms with van der Waals surface area (Å²) in [5, 5.41) is 9.48. The maximum atomic E-state index is 9.48. The van der Waals surface area contributed by atoms with Crippen molar-refractivity contribution in [1.82, 2.24) is 0 Å². The molecule has 1 N–H and O–H groups in total. The van der Waals surface area contributed by atoms with Crippen LogP contribution in [-0.2, 0) is 0 Å². The second-order valence-corrected chi connectivity index (χ2v) is 5.02. The summed E-state index contributed by atoms with van der Waals surface area (Å²) < 4.78 is 0. The van der Waals surface area contributed by atoms with Gasteiger partial charge in [-0.15, -0.1) is 0 Å². The van der Waals surface area contributed by atoms with Gasteiger partial charge >= 0.3 is 0 Å². The van der Waals surface area contributed by atoms with Crippen LogP contribution in [0.4, 0.5) is 0 Å². The van der Waals surface area contributed by atoms with Crippen LogP contribution in [-0.4, -0.2) is 10.7 Å². The summed E-state index contributed by atoms with van der Waals surface area (Å²) in [5.74, 6) is 1.92. The second-order valence-electron chi connectivity index (χ2n) is 5.02. The molecular formula is C11H22O. The number of hydrogen-bond donors (Lipinski definition) is 1. The first-order chi connectivity index (χ1) is 5.49. The van der Waals surface area contributed by atoms with E-state index in [1.54, 1.807) is 0 Å². The Morgan fingerprint density at radius 2 is 2.00 bits per heavy atom. The van der Waals surface area contributed by atoms with Crippen LogP contribution in [0.2, 0.25) is 0 Å². The molecule has 0 aromatic heterocycles. The van der Waals surface area contributed by atoms with Crippen LogP contribution < -0.4 is 0 Å². The van der Waals surface area contributed by atoms with Crippen molar-refractivity contribution < 1.29 is 5.11 Å². The van der Waals surface area contributed by atoms with Gasteiger partial charge in [0.05, 0.1) is 5.60 Å². The zero-order chi connectivity index (χ0) is 9.19. The fraction of sp³-hybridized carbons (Fsp3) is 1.00. The third-order valence-electron chi connectivity index (χ3n) is 2.87. The Morgan fingerprint density at radius 1 is 1.42 bits per heavy atom. The first kappa shape index (κ1) is 10.0. The van der Waals surface area contributed by atoms with Gasteiger partial charge in [0.1, 0.15) is 0 Å². The van der Waals surface area contributed by atoms with Crippen molar-refractivity contribution in [3.05, 3.63) is 0 Å². The fourth-order valence-electron chi connectivity index (χ4n) is 1.76. The van der Waals surface area contributed by atoms with Gasteiger partial charge in [0, 0.05) is 0 Å². The van der Waals surface area contributed by atoms with Crippen LogP contribution in [0.3, 0.4) is 0 Å². The standard InChI is InChI=1S/C11H22O/c1-9(10-6-7-10)5-4-8-11(2,3)12/h9-10,12H,4-8H2,1-3H3. The molecule has 0 aromatic rings. The maximum Gasteiger partial charge on any atom is 0.0591 e. The summed E-state index contributed by atoms with van der Waals surface area (Å²) in [7, 11) is 0. The molecule has 0 heterocycles. The first-order valence-corrected chi connectivity index (χ1v) is 5.21. The lowest BCUT2D eigenvalue weighted by Crippen LogP contribution is -2.18. The van der Waals surface area contributed by atoms with E-state index >= 15 is 0 Å². The average molecular weight is 170 g/mol. The zero-order valence-corrected chi connectivity index (χ0v) is 8.64. The normalized spacial score (nSPS) is 21.0. The van der Waals surface area contributed by atoms with Gasteiger partial charge in [-0.2, -0.15) is 0 Å². The minimum Gasteiger partial charge on any atom is -0.390 e. The summed E-state index contributed by atoms with van der Waals surface area (Å²) >= 11 is 0. The predicted octanol–water partition coefficient (Wildman–Crippen LogP) is 2.97. The van der Waals surface area contributed by atoms with Crippen LogP contribution in [0.5, 0.6) is 0 Å². The van der Waals surface area contributed by atoms with E-state index in [2.05, 4.69) is 6.92 Å². The topological polar surface area (TPSA) is 20.2 Å². The van der Waals surface area contributed by atoms with Crippen molar-refractivity contribution >= 4 is 0 Å². The van der Waals surface area contributed by atoms with Crippen LogP contribution in [0.25, 0.3) is 0 Å². The Kier molecular flexibility index (Phi) is 3.16. The molecule has 1 atom stereocenters. The predicted molar refractivity (Wildman–Crippen MR) is 52.0 cm³/mol. The minimum atomic E-state index is -0.455. The SMILES string of the molecule is CC(CCCC(C)(C)O)C1CC1. The Hall–Kier alpha value is -0.0400. The van der Waals surface area contributed by atoms with E-state index in [-0.39, 0.29) is 0 Å². The van der Waals surface area contributed by atoms with E-state index in [9.17, 15) is 5.11 Å². The van der Waals surface area contributed by atoms with Gasteiger partial charge < -0.3 is 5.11 Å². The molecule has 1 nitrogen and oxygen atoms in total. The first-order valence-electron chi connectivity index (χ1n) is 5.21. The lowest BCUT2D eigenvalue weighted by Gasteiger charge is -2.18. The third kappa shape index (κ3) is 4.10. The molecular weight excluding hydrogens is 148 g/mol. The molecule has 0 amide bonds. The molecule has 0 saturated heterocycles. The van der Waals surface area contributed by atoms with Crippen molar-refractivity contribution in [2.24, 2.45) is 11.8 Å². The van der Waals surface area contributed by atoms with Crippen LogP contribution in [0.1, 0.15) is 52.9 Å². The average Bonchev–Trinajstić information content (AvgIpc) is 2.64. The van der Waals surface area contributed by atoms with E-state index in [4.69, 9.17) is 0 Å². The van der Waals surface area contributed by atoms with E-state index in [0.717, 1.165) is 18.3 Å². The van der Waals surface area contributed by atoms with Gasteiger partial charge in [-0.25, -0.2) is 0 Å². The molecule has 1 heteroatoms. The lowest BCUT2D eigenvalue weighted by molar-refractivity contribution is 0.0667. The molecule has 0 aromatic carbocycles. The summed E-state index contributed by atoms with van der Waals surface area (Å²) in [4.78, 5) is 0. The van der Waals surface area contributed by atoms with Gasteiger partial charge in [-0.05, 0) is 44.9 Å². The molecule has 1 fully saturated rings. The monoisotopic (exact) mass is 170 g/mol. The molecule has 0 spiro atoms. The highest BCUT2D eigenvalue weighted by molar-refractivity contribution is 4.79. The van der Waals surface area contributed by atoms with Crippen LogP contribution >= 0.6 is 0 Å². The van der Waals surface area contributed by atoms with Crippen LogP contribution in [0, 0.1) is 11.8 Å². The molecule has 12 heavy (non-hydrogen) atoms. The van der Waals surface area contributed by atoms with Crippen LogP contribution in [0.15, 0.2) is 0 Å². The van der Waals surface area contributed by atoms with Gasteiger partial charge in [0.2, 0.25) is 0 Å². The molecule has 0 bridgehead atoms. The van der Waals surface area contributed by atoms with E-state index in [1.807, 2.05) is 13.8 Å². The van der Waals surface area contributed by atoms with E-state index < -0.39 is 5.60 Å². The maximum absolute atomic E-state index is 9.48. The summed E-state index contributed by atoms with van der Waals surface area (Å²) in [6.45, 7) is 6.14. The molecule has 1 rings (SSSR count). The Bertz CT molecular complexity index is 130. The van der Waals surface area contributed by atoms with Crippen molar-refractivity contribution in [3.63, 3.8) is 0 Å². The molecule has 0 radical (unpaired) electrons. The highest BCUT2D eigenvalue weighted by Crippen LogP contribution is 2.39. The molecule has 1 aliphatic carbocycles. The minimum absolute atomic E-state index is 0.455.